The Morgan fingerprint density at radius 1 is 1.48 bits per heavy atom. The molecule has 1 amide bonds. The average Bonchev–Trinajstić information content (AvgIpc) is 3.32. The summed E-state index contributed by atoms with van der Waals surface area (Å²) in [6, 6.07) is 1.70. The minimum atomic E-state index is -0.0519. The quantitative estimate of drug-likeness (QED) is 0.806. The standard InChI is InChI=1S/C20H28N2O3/c1-14(2)4-3-8-22-11-17-16(18-5-7-20(17,13-22)25-18)10-21-19(23)15-6-9-24-12-15/h4,6,9,12,16-18H,3,5,7-8,10-11,13H2,1-2H3,(H,21,23)/t16-,17+,18+,20+/m0/s1. The van der Waals surface area contributed by atoms with Crippen LogP contribution in [0, 0.1) is 11.8 Å². The fourth-order valence-electron chi connectivity index (χ4n) is 4.97. The molecule has 3 aliphatic rings. The van der Waals surface area contributed by atoms with E-state index < -0.39 is 0 Å². The zero-order chi connectivity index (χ0) is 17.4. The Kier molecular flexibility index (Phi) is 4.46. The Morgan fingerprint density at radius 2 is 2.36 bits per heavy atom. The largest absolute Gasteiger partial charge is 0.472 e. The second-order valence-electron chi connectivity index (χ2n) is 8.06. The van der Waals surface area contributed by atoms with Crippen LogP contribution < -0.4 is 5.32 Å². The lowest BCUT2D eigenvalue weighted by Crippen LogP contribution is -2.41. The summed E-state index contributed by atoms with van der Waals surface area (Å²) in [4.78, 5) is 14.8. The van der Waals surface area contributed by atoms with Gasteiger partial charge in [0.1, 0.15) is 6.26 Å². The summed E-state index contributed by atoms with van der Waals surface area (Å²) < 4.78 is 11.4. The van der Waals surface area contributed by atoms with Gasteiger partial charge < -0.3 is 14.5 Å². The lowest BCUT2D eigenvalue weighted by Gasteiger charge is -2.29. The monoisotopic (exact) mass is 344 g/mol. The van der Waals surface area contributed by atoms with Gasteiger partial charge in [-0.1, -0.05) is 11.6 Å². The van der Waals surface area contributed by atoms with Crippen molar-refractivity contribution in [1.82, 2.24) is 10.2 Å². The van der Waals surface area contributed by atoms with E-state index in [2.05, 4.69) is 30.1 Å². The molecule has 0 aliphatic carbocycles. The van der Waals surface area contributed by atoms with Crippen LogP contribution in [-0.4, -0.2) is 48.7 Å². The fraction of sp³-hybridized carbons (Fsp3) is 0.650. The molecule has 3 fully saturated rings. The van der Waals surface area contributed by atoms with Gasteiger partial charge in [0.25, 0.3) is 5.91 Å². The number of nitrogens with one attached hydrogen (secondary N) is 1. The van der Waals surface area contributed by atoms with E-state index in [0.29, 0.717) is 30.0 Å². The predicted octanol–water partition coefficient (Wildman–Crippen LogP) is 2.85. The Labute approximate surface area is 149 Å². The smallest absolute Gasteiger partial charge is 0.254 e. The van der Waals surface area contributed by atoms with Gasteiger partial charge in [-0.3, -0.25) is 9.69 Å². The number of carbonyl (C=O) groups is 1. The Bertz CT molecular complexity index is 650. The molecule has 1 aromatic heterocycles. The van der Waals surface area contributed by atoms with E-state index >= 15 is 0 Å². The highest BCUT2D eigenvalue weighted by atomic mass is 16.5. The molecule has 0 saturated carbocycles. The number of hydrogen-bond donors (Lipinski definition) is 1. The third-order valence-electron chi connectivity index (χ3n) is 6.13. The van der Waals surface area contributed by atoms with E-state index in [1.54, 1.807) is 6.07 Å². The van der Waals surface area contributed by atoms with Crippen LogP contribution in [0.3, 0.4) is 0 Å². The van der Waals surface area contributed by atoms with Crippen LogP contribution in [0.5, 0.6) is 0 Å². The van der Waals surface area contributed by atoms with Crippen molar-refractivity contribution in [2.75, 3.05) is 26.2 Å². The molecule has 5 heteroatoms. The molecular weight excluding hydrogens is 316 g/mol. The summed E-state index contributed by atoms with van der Waals surface area (Å²) in [5.41, 5.74) is 2.02. The van der Waals surface area contributed by atoms with E-state index in [-0.39, 0.29) is 11.5 Å². The number of rotatable bonds is 6. The molecule has 3 aliphatic heterocycles. The van der Waals surface area contributed by atoms with Gasteiger partial charge in [-0.25, -0.2) is 0 Å². The molecular formula is C20H28N2O3. The van der Waals surface area contributed by atoms with Gasteiger partial charge in [0, 0.05) is 38.0 Å². The zero-order valence-electron chi connectivity index (χ0n) is 15.2. The molecule has 25 heavy (non-hydrogen) atoms. The lowest BCUT2D eigenvalue weighted by atomic mass is 9.73. The van der Waals surface area contributed by atoms with Crippen molar-refractivity contribution in [2.24, 2.45) is 11.8 Å². The molecule has 3 saturated heterocycles. The van der Waals surface area contributed by atoms with Crippen LogP contribution in [0.25, 0.3) is 0 Å². The number of likely N-dealkylation sites (tertiary alicyclic amines) is 1. The summed E-state index contributed by atoms with van der Waals surface area (Å²) in [7, 11) is 0. The summed E-state index contributed by atoms with van der Waals surface area (Å²) in [5.74, 6) is 0.921. The third kappa shape index (κ3) is 3.15. The first-order chi connectivity index (χ1) is 12.1. The van der Waals surface area contributed by atoms with Crippen LogP contribution in [0.4, 0.5) is 0 Å². The summed E-state index contributed by atoms with van der Waals surface area (Å²) in [5, 5.41) is 3.09. The molecule has 1 aromatic rings. The van der Waals surface area contributed by atoms with E-state index in [0.717, 1.165) is 32.5 Å². The topological polar surface area (TPSA) is 54.7 Å². The second kappa shape index (κ2) is 6.61. The van der Waals surface area contributed by atoms with E-state index in [9.17, 15) is 4.79 Å². The van der Waals surface area contributed by atoms with Crippen molar-refractivity contribution in [1.29, 1.82) is 0 Å². The average molecular weight is 344 g/mol. The molecule has 1 spiro atoms. The minimum Gasteiger partial charge on any atom is -0.472 e. The van der Waals surface area contributed by atoms with Crippen molar-refractivity contribution in [2.45, 2.75) is 44.8 Å². The molecule has 4 rings (SSSR count). The first-order valence-corrected chi connectivity index (χ1v) is 9.41. The first kappa shape index (κ1) is 16.9. The molecule has 1 N–H and O–H groups in total. The Hall–Kier alpha value is -1.59. The van der Waals surface area contributed by atoms with Crippen LogP contribution >= 0.6 is 0 Å². The maximum atomic E-state index is 12.2. The number of hydrogen-bond acceptors (Lipinski definition) is 4. The number of ether oxygens (including phenoxy) is 1. The summed E-state index contributed by atoms with van der Waals surface area (Å²) in [6.07, 6.45) is 9.07. The van der Waals surface area contributed by atoms with Crippen molar-refractivity contribution in [3.63, 3.8) is 0 Å². The predicted molar refractivity (Wildman–Crippen MR) is 95.3 cm³/mol. The number of allylic oxidation sites excluding steroid dienone is 1. The van der Waals surface area contributed by atoms with Crippen molar-refractivity contribution in [3.05, 3.63) is 35.8 Å². The number of nitrogens with zero attached hydrogens (tertiary/aromatic N) is 1. The van der Waals surface area contributed by atoms with Crippen LogP contribution in [0.2, 0.25) is 0 Å². The SMILES string of the molecule is CC(C)=CCCN1C[C@@H]2[C@H](CNC(=O)c3ccoc3)[C@H]3CC[C@]2(C1)O3. The lowest BCUT2D eigenvalue weighted by molar-refractivity contribution is 0.00290. The molecule has 5 nitrogen and oxygen atoms in total. The zero-order valence-corrected chi connectivity index (χ0v) is 15.2. The molecule has 136 valence electrons. The fourth-order valence-corrected chi connectivity index (χ4v) is 4.97. The summed E-state index contributed by atoms with van der Waals surface area (Å²) >= 11 is 0. The minimum absolute atomic E-state index is 0.0423. The summed E-state index contributed by atoms with van der Waals surface area (Å²) in [6.45, 7) is 8.26. The molecule has 4 heterocycles. The van der Waals surface area contributed by atoms with Gasteiger partial charge in [0.05, 0.1) is 23.5 Å². The number of amides is 1. The van der Waals surface area contributed by atoms with Crippen LogP contribution in [0.1, 0.15) is 43.5 Å². The normalized spacial score (nSPS) is 33.4. The highest BCUT2D eigenvalue weighted by molar-refractivity contribution is 5.93. The number of carbonyl (C=O) groups excluding carboxylic acids is 1. The van der Waals surface area contributed by atoms with Gasteiger partial charge in [-0.05, 0) is 39.2 Å². The Morgan fingerprint density at radius 3 is 3.12 bits per heavy atom. The van der Waals surface area contributed by atoms with Gasteiger partial charge in [-0.15, -0.1) is 0 Å². The maximum Gasteiger partial charge on any atom is 0.254 e. The van der Waals surface area contributed by atoms with Gasteiger partial charge in [0.15, 0.2) is 0 Å². The molecule has 0 aromatic carbocycles. The maximum absolute atomic E-state index is 12.2. The van der Waals surface area contributed by atoms with Gasteiger partial charge >= 0.3 is 0 Å². The first-order valence-electron chi connectivity index (χ1n) is 9.41. The van der Waals surface area contributed by atoms with Crippen molar-refractivity contribution < 1.29 is 13.9 Å². The number of furan rings is 1. The second-order valence-corrected chi connectivity index (χ2v) is 8.06. The van der Waals surface area contributed by atoms with Gasteiger partial charge in [0.2, 0.25) is 0 Å². The Balaban J connectivity index is 1.36. The van der Waals surface area contributed by atoms with E-state index in [1.807, 2.05) is 0 Å². The van der Waals surface area contributed by atoms with E-state index in [4.69, 9.17) is 9.15 Å². The van der Waals surface area contributed by atoms with E-state index in [1.165, 1.54) is 24.5 Å². The molecule has 4 atom stereocenters. The third-order valence-corrected chi connectivity index (χ3v) is 6.13. The molecule has 2 bridgehead atoms. The highest BCUT2D eigenvalue weighted by Gasteiger charge is 2.62. The van der Waals surface area contributed by atoms with Gasteiger partial charge in [-0.2, -0.15) is 0 Å². The van der Waals surface area contributed by atoms with Crippen LogP contribution in [0.15, 0.2) is 34.7 Å². The molecule has 0 unspecified atom stereocenters. The number of fused-ring (bicyclic) bond motifs is 1. The molecule has 0 radical (unpaired) electrons. The van der Waals surface area contributed by atoms with Crippen LogP contribution in [-0.2, 0) is 4.74 Å². The highest BCUT2D eigenvalue weighted by Crippen LogP contribution is 2.54. The van der Waals surface area contributed by atoms with Crippen molar-refractivity contribution >= 4 is 5.91 Å². The van der Waals surface area contributed by atoms with Crippen molar-refractivity contribution in [3.8, 4) is 0 Å².